The molecule has 0 aromatic heterocycles. The van der Waals surface area contributed by atoms with Gasteiger partial charge in [-0.05, 0) is 5.56 Å². The summed E-state index contributed by atoms with van der Waals surface area (Å²) in [5.74, 6) is -4.76. The van der Waals surface area contributed by atoms with Crippen molar-refractivity contribution >= 4 is 29.7 Å². The van der Waals surface area contributed by atoms with Gasteiger partial charge in [0.05, 0.1) is 20.6 Å². The van der Waals surface area contributed by atoms with Crippen molar-refractivity contribution in [3.05, 3.63) is 35.9 Å². The van der Waals surface area contributed by atoms with E-state index in [2.05, 4.69) is 14.8 Å². The second-order valence-corrected chi connectivity index (χ2v) is 5.72. The van der Waals surface area contributed by atoms with E-state index in [9.17, 15) is 24.0 Å². The van der Waals surface area contributed by atoms with Gasteiger partial charge in [-0.15, -0.1) is 0 Å². The van der Waals surface area contributed by atoms with Crippen molar-refractivity contribution in [3.8, 4) is 0 Å². The van der Waals surface area contributed by atoms with Gasteiger partial charge in [0.25, 0.3) is 5.91 Å². The van der Waals surface area contributed by atoms with Gasteiger partial charge in [-0.2, -0.15) is 0 Å². The molecular formula is C17H18N2O7. The van der Waals surface area contributed by atoms with Crippen LogP contribution in [0.2, 0.25) is 0 Å². The first-order valence-corrected chi connectivity index (χ1v) is 7.69. The molecule has 0 radical (unpaired) electrons. The summed E-state index contributed by atoms with van der Waals surface area (Å²) in [5.41, 5.74) is -1.09. The second-order valence-electron chi connectivity index (χ2n) is 5.72. The monoisotopic (exact) mass is 362 g/mol. The Labute approximate surface area is 149 Å². The molecule has 1 N–H and O–H groups in total. The first-order chi connectivity index (χ1) is 12.3. The molecule has 2 rings (SSSR count). The molecule has 0 spiro atoms. The number of nitrogens with zero attached hydrogens (tertiary/aromatic N) is 1. The fourth-order valence-electron chi connectivity index (χ4n) is 2.70. The van der Waals surface area contributed by atoms with Gasteiger partial charge in [-0.25, -0.2) is 0 Å². The van der Waals surface area contributed by atoms with Crippen LogP contribution in [0.1, 0.15) is 12.0 Å². The van der Waals surface area contributed by atoms with E-state index in [0.29, 0.717) is 10.5 Å². The van der Waals surface area contributed by atoms with E-state index in [1.165, 1.54) is 0 Å². The summed E-state index contributed by atoms with van der Waals surface area (Å²) in [6.07, 6.45) is -0.549. The zero-order valence-corrected chi connectivity index (χ0v) is 14.3. The van der Waals surface area contributed by atoms with Gasteiger partial charge in [-0.1, -0.05) is 30.3 Å². The summed E-state index contributed by atoms with van der Waals surface area (Å²) in [4.78, 5) is 61.1. The highest BCUT2D eigenvalue weighted by Crippen LogP contribution is 2.25. The van der Waals surface area contributed by atoms with E-state index in [0.717, 1.165) is 14.2 Å². The van der Waals surface area contributed by atoms with Gasteiger partial charge in [0.1, 0.15) is 12.1 Å². The average Bonchev–Trinajstić information content (AvgIpc) is 2.64. The van der Waals surface area contributed by atoms with Gasteiger partial charge >= 0.3 is 23.8 Å². The summed E-state index contributed by atoms with van der Waals surface area (Å²) < 4.78 is 9.09. The normalized spacial score (nSPS) is 19.8. The number of piperazine rings is 1. The number of carbonyl (C=O) groups is 5. The van der Waals surface area contributed by atoms with Gasteiger partial charge in [-0.3, -0.25) is 28.9 Å². The van der Waals surface area contributed by atoms with Crippen molar-refractivity contribution in [3.63, 3.8) is 0 Å². The molecule has 9 nitrogen and oxygen atoms in total. The quantitative estimate of drug-likeness (QED) is 0.399. The maximum atomic E-state index is 13.0. The molecule has 1 aromatic rings. The number of hydrogen-bond donors (Lipinski definition) is 1. The van der Waals surface area contributed by atoms with Crippen LogP contribution < -0.4 is 5.32 Å². The fourth-order valence-corrected chi connectivity index (χ4v) is 2.70. The standard InChI is InChI=1S/C17H18N2O7/c1-25-12(20)9-17(8-11-6-4-3-5-7-11)16(24)19(10-13(21)26-2)15(23)14(22)18-17/h3-7H,8-10H2,1-2H3,(H,18,22). The predicted molar refractivity (Wildman–Crippen MR) is 86.4 cm³/mol. The Bertz CT molecular complexity index is 747. The molecule has 1 atom stereocenters. The molecule has 1 aromatic carbocycles. The van der Waals surface area contributed by atoms with Crippen LogP contribution in [-0.2, 0) is 39.9 Å². The number of rotatable bonds is 6. The maximum absolute atomic E-state index is 13.0. The third-order valence-corrected chi connectivity index (χ3v) is 3.98. The smallest absolute Gasteiger partial charge is 0.325 e. The minimum absolute atomic E-state index is 0.0571. The van der Waals surface area contributed by atoms with Gasteiger partial charge in [0.15, 0.2) is 0 Å². The van der Waals surface area contributed by atoms with E-state index in [-0.39, 0.29) is 6.42 Å². The Morgan fingerprint density at radius 2 is 1.65 bits per heavy atom. The van der Waals surface area contributed by atoms with Crippen molar-refractivity contribution in [1.82, 2.24) is 10.2 Å². The number of carbonyl (C=O) groups excluding carboxylic acids is 5. The predicted octanol–water partition coefficient (Wildman–Crippen LogP) is -0.811. The van der Waals surface area contributed by atoms with Crippen molar-refractivity contribution in [2.24, 2.45) is 0 Å². The maximum Gasteiger partial charge on any atom is 0.325 e. The zero-order valence-electron chi connectivity index (χ0n) is 14.3. The Balaban J connectivity index is 2.44. The van der Waals surface area contributed by atoms with Crippen LogP contribution in [0.4, 0.5) is 0 Å². The lowest BCUT2D eigenvalue weighted by molar-refractivity contribution is -0.167. The molecule has 26 heavy (non-hydrogen) atoms. The summed E-state index contributed by atoms with van der Waals surface area (Å²) in [5, 5.41) is 2.33. The number of esters is 2. The van der Waals surface area contributed by atoms with Gasteiger partial charge in [0.2, 0.25) is 0 Å². The van der Waals surface area contributed by atoms with Crippen LogP contribution in [-0.4, -0.2) is 60.9 Å². The van der Waals surface area contributed by atoms with Crippen molar-refractivity contribution in [2.75, 3.05) is 20.8 Å². The molecule has 0 bridgehead atoms. The van der Waals surface area contributed by atoms with E-state index < -0.39 is 48.2 Å². The number of nitrogens with one attached hydrogen (secondary N) is 1. The molecule has 138 valence electrons. The van der Waals surface area contributed by atoms with Crippen LogP contribution in [0.3, 0.4) is 0 Å². The molecule has 0 saturated carbocycles. The largest absolute Gasteiger partial charge is 0.469 e. The van der Waals surface area contributed by atoms with Crippen LogP contribution in [0.5, 0.6) is 0 Å². The summed E-state index contributed by atoms with van der Waals surface area (Å²) in [6, 6.07) is 8.64. The molecule has 0 aliphatic carbocycles. The second kappa shape index (κ2) is 7.77. The first kappa shape index (κ1) is 19.1. The Hall–Kier alpha value is -3.23. The number of ether oxygens (including phenoxy) is 2. The van der Waals surface area contributed by atoms with Crippen LogP contribution in [0.15, 0.2) is 30.3 Å². The SMILES string of the molecule is COC(=O)CN1C(=O)C(=O)NC(CC(=O)OC)(Cc2ccccc2)C1=O. The summed E-state index contributed by atoms with van der Waals surface area (Å²) >= 11 is 0. The van der Waals surface area contributed by atoms with Crippen molar-refractivity contribution < 1.29 is 33.4 Å². The number of benzene rings is 1. The highest BCUT2D eigenvalue weighted by atomic mass is 16.5. The fraction of sp³-hybridized carbons (Fsp3) is 0.353. The Morgan fingerprint density at radius 3 is 2.23 bits per heavy atom. The number of imide groups is 1. The molecule has 9 heteroatoms. The number of hydrogen-bond acceptors (Lipinski definition) is 7. The summed E-state index contributed by atoms with van der Waals surface area (Å²) in [6.45, 7) is -0.723. The molecule has 1 aliphatic heterocycles. The lowest BCUT2D eigenvalue weighted by atomic mass is 9.84. The van der Waals surface area contributed by atoms with Gasteiger partial charge < -0.3 is 14.8 Å². The number of amides is 3. The topological polar surface area (TPSA) is 119 Å². The molecule has 1 heterocycles. The van der Waals surface area contributed by atoms with Crippen LogP contribution in [0, 0.1) is 0 Å². The van der Waals surface area contributed by atoms with Crippen molar-refractivity contribution in [2.45, 2.75) is 18.4 Å². The number of methoxy groups -OCH3 is 2. The lowest BCUT2D eigenvalue weighted by Gasteiger charge is -2.39. The molecule has 1 aliphatic rings. The lowest BCUT2D eigenvalue weighted by Crippen LogP contribution is -2.71. The Morgan fingerprint density at radius 1 is 1.04 bits per heavy atom. The van der Waals surface area contributed by atoms with E-state index in [4.69, 9.17) is 0 Å². The third-order valence-electron chi connectivity index (χ3n) is 3.98. The summed E-state index contributed by atoms with van der Waals surface area (Å²) in [7, 11) is 2.23. The van der Waals surface area contributed by atoms with Crippen LogP contribution in [0.25, 0.3) is 0 Å². The third kappa shape index (κ3) is 3.88. The minimum Gasteiger partial charge on any atom is -0.469 e. The molecule has 3 amide bonds. The average molecular weight is 362 g/mol. The molecular weight excluding hydrogens is 344 g/mol. The van der Waals surface area contributed by atoms with Crippen LogP contribution >= 0.6 is 0 Å². The molecule has 1 unspecified atom stereocenters. The Kier molecular flexibility index (Phi) is 5.71. The zero-order chi connectivity index (χ0) is 19.3. The van der Waals surface area contributed by atoms with E-state index in [1.807, 2.05) is 0 Å². The highest BCUT2D eigenvalue weighted by Gasteiger charge is 2.52. The van der Waals surface area contributed by atoms with Crippen molar-refractivity contribution in [1.29, 1.82) is 0 Å². The highest BCUT2D eigenvalue weighted by molar-refractivity contribution is 6.41. The molecule has 1 fully saturated rings. The first-order valence-electron chi connectivity index (χ1n) is 7.69. The molecule has 1 saturated heterocycles. The van der Waals surface area contributed by atoms with Gasteiger partial charge in [0, 0.05) is 6.42 Å². The van der Waals surface area contributed by atoms with E-state index >= 15 is 0 Å². The van der Waals surface area contributed by atoms with E-state index in [1.54, 1.807) is 30.3 Å². The minimum atomic E-state index is -1.74.